The quantitative estimate of drug-likeness (QED) is 0.548. The molecule has 0 aromatic carbocycles. The Bertz CT molecular complexity index is 99.1. The summed E-state index contributed by atoms with van der Waals surface area (Å²) in [5, 5.41) is 17.7. The van der Waals surface area contributed by atoms with Crippen LogP contribution in [0.15, 0.2) is 12.2 Å². The van der Waals surface area contributed by atoms with Crippen molar-refractivity contribution in [1.29, 1.82) is 0 Å². The molecule has 0 aromatic rings. The number of rotatable bonds is 3. The van der Waals surface area contributed by atoms with Crippen LogP contribution in [0.4, 0.5) is 0 Å². The first kappa shape index (κ1) is 8.66. The minimum absolute atomic E-state index is 0.00796. The fraction of sp³-hybridized carbons (Fsp3) is 0.714. The lowest BCUT2D eigenvalue weighted by Gasteiger charge is -2.15. The third-order valence-corrected chi connectivity index (χ3v) is 1.33. The van der Waals surface area contributed by atoms with Crippen LogP contribution in [0.1, 0.15) is 13.8 Å². The minimum Gasteiger partial charge on any atom is -0.396 e. The van der Waals surface area contributed by atoms with Gasteiger partial charge in [-0.15, -0.1) is 0 Å². The van der Waals surface area contributed by atoms with Gasteiger partial charge in [-0.1, -0.05) is 19.1 Å². The van der Waals surface area contributed by atoms with Crippen LogP contribution in [0.25, 0.3) is 0 Å². The summed E-state index contributed by atoms with van der Waals surface area (Å²) in [6, 6.07) is 0. The van der Waals surface area contributed by atoms with E-state index in [1.807, 2.05) is 0 Å². The van der Waals surface area contributed by atoms with Crippen molar-refractivity contribution < 1.29 is 10.2 Å². The predicted molar refractivity (Wildman–Crippen MR) is 37.1 cm³/mol. The minimum atomic E-state index is -0.560. The van der Waals surface area contributed by atoms with Crippen molar-refractivity contribution in [2.45, 2.75) is 20.0 Å². The third-order valence-electron chi connectivity index (χ3n) is 1.33. The zero-order chi connectivity index (χ0) is 7.44. The highest BCUT2D eigenvalue weighted by Crippen LogP contribution is 2.08. The van der Waals surface area contributed by atoms with Crippen LogP contribution < -0.4 is 0 Å². The highest BCUT2D eigenvalue weighted by Gasteiger charge is 2.12. The Kier molecular flexibility index (Phi) is 3.50. The first-order valence-corrected chi connectivity index (χ1v) is 3.04. The summed E-state index contributed by atoms with van der Waals surface area (Å²) in [6.45, 7) is 7.09. The van der Waals surface area contributed by atoms with E-state index in [4.69, 9.17) is 10.2 Å². The van der Waals surface area contributed by atoms with Crippen LogP contribution in [-0.4, -0.2) is 22.9 Å². The van der Waals surface area contributed by atoms with Crippen molar-refractivity contribution in [2.24, 2.45) is 5.92 Å². The van der Waals surface area contributed by atoms with E-state index < -0.39 is 6.10 Å². The van der Waals surface area contributed by atoms with Gasteiger partial charge in [-0.2, -0.15) is 0 Å². The topological polar surface area (TPSA) is 40.5 Å². The largest absolute Gasteiger partial charge is 0.396 e. The van der Waals surface area contributed by atoms with Gasteiger partial charge in [0.2, 0.25) is 0 Å². The Hall–Kier alpha value is -0.340. The summed E-state index contributed by atoms with van der Waals surface area (Å²) in [7, 11) is 0. The molecule has 2 atom stereocenters. The maximum Gasteiger partial charge on any atom is 0.0792 e. The van der Waals surface area contributed by atoms with Crippen molar-refractivity contribution in [2.75, 3.05) is 6.61 Å². The van der Waals surface area contributed by atoms with Crippen molar-refractivity contribution in [3.63, 3.8) is 0 Å². The van der Waals surface area contributed by atoms with E-state index in [0.717, 1.165) is 0 Å². The van der Waals surface area contributed by atoms with E-state index in [0.29, 0.717) is 5.57 Å². The molecule has 0 saturated carbocycles. The van der Waals surface area contributed by atoms with E-state index >= 15 is 0 Å². The summed E-state index contributed by atoms with van der Waals surface area (Å²) in [5.41, 5.74) is 0.705. The first-order valence-electron chi connectivity index (χ1n) is 3.04. The number of hydrogen-bond acceptors (Lipinski definition) is 2. The van der Waals surface area contributed by atoms with Crippen LogP contribution in [0.2, 0.25) is 0 Å². The van der Waals surface area contributed by atoms with Gasteiger partial charge in [-0.05, 0) is 6.92 Å². The molecule has 0 aromatic heterocycles. The van der Waals surface area contributed by atoms with E-state index in [9.17, 15) is 0 Å². The smallest absolute Gasteiger partial charge is 0.0792 e. The van der Waals surface area contributed by atoms with Crippen molar-refractivity contribution in [3.05, 3.63) is 12.2 Å². The summed E-state index contributed by atoms with van der Waals surface area (Å²) < 4.78 is 0. The molecular weight excluding hydrogens is 116 g/mol. The summed E-state index contributed by atoms with van der Waals surface area (Å²) >= 11 is 0. The molecule has 0 heterocycles. The highest BCUT2D eigenvalue weighted by molar-refractivity contribution is 4.98. The monoisotopic (exact) mass is 130 g/mol. The van der Waals surface area contributed by atoms with Gasteiger partial charge < -0.3 is 10.2 Å². The second-order valence-electron chi connectivity index (χ2n) is 2.45. The molecule has 0 rings (SSSR count). The van der Waals surface area contributed by atoms with Crippen LogP contribution in [0.5, 0.6) is 0 Å². The summed E-state index contributed by atoms with van der Waals surface area (Å²) in [4.78, 5) is 0. The Morgan fingerprint density at radius 2 is 2.11 bits per heavy atom. The second kappa shape index (κ2) is 3.64. The molecule has 2 heteroatoms. The molecule has 9 heavy (non-hydrogen) atoms. The average molecular weight is 130 g/mol. The Morgan fingerprint density at radius 1 is 1.67 bits per heavy atom. The van der Waals surface area contributed by atoms with Gasteiger partial charge in [0.1, 0.15) is 0 Å². The molecule has 0 spiro atoms. The highest BCUT2D eigenvalue weighted by atomic mass is 16.3. The van der Waals surface area contributed by atoms with Gasteiger partial charge in [0.05, 0.1) is 6.10 Å². The van der Waals surface area contributed by atoms with Crippen LogP contribution in [0, 0.1) is 5.92 Å². The maximum atomic E-state index is 9.14. The van der Waals surface area contributed by atoms with E-state index in [1.165, 1.54) is 0 Å². The lowest BCUT2D eigenvalue weighted by molar-refractivity contribution is 0.103. The number of aliphatic hydroxyl groups is 2. The molecule has 0 aliphatic rings. The molecule has 2 N–H and O–H groups in total. The fourth-order valence-electron chi connectivity index (χ4n) is 0.586. The standard InChI is InChI=1S/C7H14O2/c1-5(2)7(9)6(3)4-8/h6-9H,1,4H2,2-3H3/t6-,7+/m1/s1. The molecule has 0 saturated heterocycles. The predicted octanol–water partition coefficient (Wildman–Crippen LogP) is 0.552. The SMILES string of the molecule is C=C(C)[C@H](O)[C@H](C)CO. The van der Waals surface area contributed by atoms with E-state index in [2.05, 4.69) is 6.58 Å². The van der Waals surface area contributed by atoms with Crippen molar-refractivity contribution in [1.82, 2.24) is 0 Å². The molecular formula is C7H14O2. The summed E-state index contributed by atoms with van der Waals surface area (Å²) in [6.07, 6.45) is -0.560. The molecule has 0 radical (unpaired) electrons. The van der Waals surface area contributed by atoms with Crippen molar-refractivity contribution in [3.8, 4) is 0 Å². The van der Waals surface area contributed by atoms with E-state index in [-0.39, 0.29) is 12.5 Å². The van der Waals surface area contributed by atoms with E-state index in [1.54, 1.807) is 13.8 Å². The van der Waals surface area contributed by atoms with Gasteiger partial charge in [0.15, 0.2) is 0 Å². The van der Waals surface area contributed by atoms with Crippen LogP contribution in [-0.2, 0) is 0 Å². The Balaban J connectivity index is 3.72. The molecule has 0 amide bonds. The van der Waals surface area contributed by atoms with Gasteiger partial charge in [-0.3, -0.25) is 0 Å². The molecule has 54 valence electrons. The molecule has 0 unspecified atom stereocenters. The molecule has 2 nitrogen and oxygen atoms in total. The molecule has 0 bridgehead atoms. The van der Waals surface area contributed by atoms with Crippen LogP contribution >= 0.6 is 0 Å². The lowest BCUT2D eigenvalue weighted by Crippen LogP contribution is -2.21. The normalized spacial score (nSPS) is 16.9. The lowest BCUT2D eigenvalue weighted by atomic mass is 10.0. The summed E-state index contributed by atoms with van der Waals surface area (Å²) in [5.74, 6) is -0.0949. The fourth-order valence-corrected chi connectivity index (χ4v) is 0.586. The molecule has 0 aliphatic heterocycles. The zero-order valence-electron chi connectivity index (χ0n) is 5.96. The number of hydrogen-bond donors (Lipinski definition) is 2. The third kappa shape index (κ3) is 2.63. The van der Waals surface area contributed by atoms with Crippen molar-refractivity contribution >= 4 is 0 Å². The second-order valence-corrected chi connectivity index (χ2v) is 2.45. The zero-order valence-corrected chi connectivity index (χ0v) is 5.96. The Labute approximate surface area is 55.8 Å². The Morgan fingerprint density at radius 3 is 2.22 bits per heavy atom. The average Bonchev–Trinajstić information content (AvgIpc) is 1.84. The number of aliphatic hydroxyl groups excluding tert-OH is 2. The van der Waals surface area contributed by atoms with Gasteiger partial charge in [0, 0.05) is 12.5 Å². The van der Waals surface area contributed by atoms with Gasteiger partial charge >= 0.3 is 0 Å². The van der Waals surface area contributed by atoms with Crippen LogP contribution in [0.3, 0.4) is 0 Å². The van der Waals surface area contributed by atoms with Gasteiger partial charge in [-0.25, -0.2) is 0 Å². The first-order chi connectivity index (χ1) is 4.09. The molecule has 0 fully saturated rings. The molecule has 0 aliphatic carbocycles. The van der Waals surface area contributed by atoms with Gasteiger partial charge in [0.25, 0.3) is 0 Å². The maximum absolute atomic E-state index is 9.14.